The molecule has 0 aliphatic heterocycles. The summed E-state index contributed by atoms with van der Waals surface area (Å²) in [5.74, 6) is 0.869. The van der Waals surface area contributed by atoms with Gasteiger partial charge >= 0.3 is 0 Å². The number of carbonyl (C=O) groups is 2. The van der Waals surface area contributed by atoms with E-state index >= 15 is 0 Å². The van der Waals surface area contributed by atoms with Crippen molar-refractivity contribution in [3.05, 3.63) is 55.4 Å². The molecule has 0 saturated heterocycles. The van der Waals surface area contributed by atoms with E-state index in [9.17, 15) is 9.59 Å². The monoisotopic (exact) mass is 664 g/mol. The molecule has 2 unspecified atom stereocenters. The number of carbonyl (C=O) groups excluding carboxylic acids is 2. The number of nitrogens with one attached hydrogen (secondary N) is 2. The molecule has 6 nitrogen and oxygen atoms in total. The van der Waals surface area contributed by atoms with Crippen molar-refractivity contribution in [2.24, 2.45) is 0 Å². The fraction of sp³-hybridized carbons (Fsp3) is 0.462. The van der Waals surface area contributed by atoms with Crippen molar-refractivity contribution in [2.45, 2.75) is 64.6 Å². The molecule has 0 fully saturated rings. The van der Waals surface area contributed by atoms with E-state index in [1.165, 1.54) is 0 Å². The molecule has 0 aromatic heterocycles. The van der Waals surface area contributed by atoms with E-state index in [2.05, 4.69) is 42.5 Å². The van der Waals surface area contributed by atoms with Crippen LogP contribution in [-0.4, -0.2) is 37.1 Å². The summed E-state index contributed by atoms with van der Waals surface area (Å²) in [5.41, 5.74) is 0. The predicted octanol–water partition coefficient (Wildman–Crippen LogP) is 7.33. The summed E-state index contributed by atoms with van der Waals surface area (Å²) in [6.45, 7) is 4.68. The molecule has 0 aliphatic rings. The number of unbranched alkanes of at least 4 members (excludes halogenated alkanes) is 5. The maximum Gasteiger partial charge on any atom is 0.260 e. The van der Waals surface area contributed by atoms with Crippen LogP contribution in [0.25, 0.3) is 0 Å². The van der Waals surface area contributed by atoms with Gasteiger partial charge in [-0.25, -0.2) is 0 Å². The largest absolute Gasteiger partial charge is 0.480 e. The van der Waals surface area contributed by atoms with Crippen molar-refractivity contribution >= 4 is 66.9 Å². The lowest BCUT2D eigenvalue weighted by Gasteiger charge is -2.16. The summed E-state index contributed by atoms with van der Waals surface area (Å²) in [6.07, 6.45) is 4.85. The Bertz CT molecular complexity index is 930. The average Bonchev–Trinajstić information content (AvgIpc) is 2.83. The number of amides is 2. The van der Waals surface area contributed by atoms with Gasteiger partial charge in [-0.15, -0.1) is 0 Å². The minimum atomic E-state index is -0.599. The van der Waals surface area contributed by atoms with Gasteiger partial charge in [0, 0.05) is 23.1 Å². The van der Waals surface area contributed by atoms with Gasteiger partial charge in [-0.2, -0.15) is 0 Å². The van der Waals surface area contributed by atoms with Crippen molar-refractivity contribution in [1.29, 1.82) is 0 Å². The molecule has 0 heterocycles. The van der Waals surface area contributed by atoms with Gasteiger partial charge in [-0.3, -0.25) is 9.59 Å². The molecular formula is C26H32Br2Cl2N2O4. The molecule has 2 atom stereocenters. The lowest BCUT2D eigenvalue weighted by Crippen LogP contribution is -2.36. The van der Waals surface area contributed by atoms with Gasteiger partial charge in [0.15, 0.2) is 12.2 Å². The van der Waals surface area contributed by atoms with Crippen molar-refractivity contribution < 1.29 is 19.1 Å². The average molecular weight is 667 g/mol. The molecule has 0 spiro atoms. The van der Waals surface area contributed by atoms with Gasteiger partial charge in [-0.05, 0) is 94.9 Å². The molecule has 2 N–H and O–H groups in total. The Kier molecular flexibility index (Phi) is 14.0. The lowest BCUT2D eigenvalue weighted by molar-refractivity contribution is -0.127. The number of hydrogen-bond donors (Lipinski definition) is 2. The van der Waals surface area contributed by atoms with Crippen LogP contribution in [0.4, 0.5) is 0 Å². The van der Waals surface area contributed by atoms with Gasteiger partial charge in [0.2, 0.25) is 0 Å². The topological polar surface area (TPSA) is 76.7 Å². The van der Waals surface area contributed by atoms with E-state index in [1.54, 1.807) is 50.2 Å². The van der Waals surface area contributed by atoms with E-state index < -0.39 is 12.2 Å². The Hall–Kier alpha value is -1.48. The van der Waals surface area contributed by atoms with Crippen molar-refractivity contribution in [1.82, 2.24) is 10.6 Å². The second kappa shape index (κ2) is 16.4. The van der Waals surface area contributed by atoms with E-state index in [-0.39, 0.29) is 11.8 Å². The van der Waals surface area contributed by atoms with Gasteiger partial charge < -0.3 is 20.1 Å². The zero-order valence-corrected chi connectivity index (χ0v) is 25.1. The summed E-state index contributed by atoms with van der Waals surface area (Å²) in [6, 6.07) is 10.4. The van der Waals surface area contributed by atoms with Crippen LogP contribution in [-0.2, 0) is 9.59 Å². The third kappa shape index (κ3) is 11.3. The summed E-state index contributed by atoms with van der Waals surface area (Å²) < 4.78 is 12.8. The molecule has 2 aromatic rings. The maximum absolute atomic E-state index is 12.2. The number of halogens is 4. The zero-order valence-electron chi connectivity index (χ0n) is 20.4. The summed E-state index contributed by atoms with van der Waals surface area (Å²) in [5, 5.41) is 7.03. The Morgan fingerprint density at radius 2 is 1.08 bits per heavy atom. The van der Waals surface area contributed by atoms with Crippen LogP contribution in [0.5, 0.6) is 11.5 Å². The number of rotatable bonds is 15. The highest BCUT2D eigenvalue weighted by molar-refractivity contribution is 9.10. The first kappa shape index (κ1) is 30.7. The molecule has 2 aromatic carbocycles. The second-order valence-corrected chi connectivity index (χ2v) is 11.0. The van der Waals surface area contributed by atoms with Crippen LogP contribution in [0.15, 0.2) is 45.3 Å². The Labute approximate surface area is 240 Å². The predicted molar refractivity (Wildman–Crippen MR) is 152 cm³/mol. The fourth-order valence-corrected chi connectivity index (χ4v) is 4.85. The van der Waals surface area contributed by atoms with Crippen LogP contribution in [0, 0.1) is 0 Å². The number of ether oxygens (including phenoxy) is 2. The Morgan fingerprint density at radius 3 is 1.44 bits per heavy atom. The molecular weight excluding hydrogens is 635 g/mol. The van der Waals surface area contributed by atoms with Crippen LogP contribution >= 0.6 is 55.1 Å². The van der Waals surface area contributed by atoms with Crippen LogP contribution in [0.2, 0.25) is 10.0 Å². The summed E-state index contributed by atoms with van der Waals surface area (Å²) in [7, 11) is 0. The van der Waals surface area contributed by atoms with E-state index in [0.29, 0.717) is 43.6 Å². The first-order valence-electron chi connectivity index (χ1n) is 12.0. The third-order valence-corrected chi connectivity index (χ3v) is 7.05. The molecule has 198 valence electrons. The SMILES string of the molecule is CC(Oc1ccc(Cl)cc1Br)C(=O)NCCCCCCCCNC(=O)C(C)Oc1ccc(Cl)cc1Br. The van der Waals surface area contributed by atoms with Gasteiger partial charge in [0.1, 0.15) is 11.5 Å². The molecule has 0 aliphatic carbocycles. The smallest absolute Gasteiger partial charge is 0.260 e. The highest BCUT2D eigenvalue weighted by atomic mass is 79.9. The van der Waals surface area contributed by atoms with Gasteiger partial charge in [0.25, 0.3) is 11.8 Å². The number of hydrogen-bond acceptors (Lipinski definition) is 4. The number of benzene rings is 2. The Balaban J connectivity index is 1.48. The minimum absolute atomic E-state index is 0.144. The van der Waals surface area contributed by atoms with Crippen LogP contribution < -0.4 is 20.1 Å². The highest BCUT2D eigenvalue weighted by Crippen LogP contribution is 2.29. The summed E-state index contributed by atoms with van der Waals surface area (Å²) >= 11 is 18.6. The van der Waals surface area contributed by atoms with Crippen LogP contribution in [0.3, 0.4) is 0 Å². The van der Waals surface area contributed by atoms with Gasteiger partial charge in [-0.1, -0.05) is 48.9 Å². The molecule has 36 heavy (non-hydrogen) atoms. The first-order chi connectivity index (χ1) is 17.2. The van der Waals surface area contributed by atoms with E-state index in [1.807, 2.05) is 0 Å². The highest BCUT2D eigenvalue weighted by Gasteiger charge is 2.16. The molecule has 2 amide bonds. The van der Waals surface area contributed by atoms with Crippen LogP contribution in [0.1, 0.15) is 52.4 Å². The summed E-state index contributed by atoms with van der Waals surface area (Å²) in [4.78, 5) is 24.5. The Morgan fingerprint density at radius 1 is 0.722 bits per heavy atom. The maximum atomic E-state index is 12.2. The molecule has 2 rings (SSSR count). The van der Waals surface area contributed by atoms with E-state index in [4.69, 9.17) is 32.7 Å². The normalized spacial score (nSPS) is 12.5. The van der Waals surface area contributed by atoms with Gasteiger partial charge in [0.05, 0.1) is 8.95 Å². The van der Waals surface area contributed by atoms with Crippen molar-refractivity contribution in [3.8, 4) is 11.5 Å². The first-order valence-corrected chi connectivity index (χ1v) is 14.3. The quantitative estimate of drug-likeness (QED) is 0.195. The van der Waals surface area contributed by atoms with Crippen molar-refractivity contribution in [3.63, 3.8) is 0 Å². The fourth-order valence-electron chi connectivity index (χ4n) is 3.30. The molecule has 0 radical (unpaired) electrons. The van der Waals surface area contributed by atoms with E-state index in [0.717, 1.165) is 38.5 Å². The molecule has 10 heteroatoms. The third-order valence-electron chi connectivity index (χ3n) is 5.34. The zero-order chi connectivity index (χ0) is 26.5. The molecule has 0 saturated carbocycles. The standard InChI is InChI=1S/C26H32Br2Cl2N2O4/c1-17(35-23-11-9-19(29)15-21(23)27)25(33)31-13-7-5-3-4-6-8-14-32-26(34)18(2)36-24-12-10-20(30)16-22(24)28/h9-12,15-18H,3-8,13-14H2,1-2H3,(H,31,33)(H,32,34). The second-order valence-electron chi connectivity index (χ2n) is 8.37. The minimum Gasteiger partial charge on any atom is -0.480 e. The molecule has 0 bridgehead atoms. The lowest BCUT2D eigenvalue weighted by atomic mass is 10.1. The van der Waals surface area contributed by atoms with Crippen molar-refractivity contribution in [2.75, 3.05) is 13.1 Å².